The van der Waals surface area contributed by atoms with Crippen molar-refractivity contribution in [3.05, 3.63) is 35.1 Å². The highest BCUT2D eigenvalue weighted by molar-refractivity contribution is 5.94. The van der Waals surface area contributed by atoms with Crippen molar-refractivity contribution < 1.29 is 9.50 Å². The molecule has 0 saturated carbocycles. The maximum atomic E-state index is 13.9. The van der Waals surface area contributed by atoms with Gasteiger partial charge in [-0.2, -0.15) is 0 Å². The third-order valence-corrected chi connectivity index (χ3v) is 3.62. The quantitative estimate of drug-likeness (QED) is 0.568. The number of rotatable bonds is 4. The second-order valence-electron chi connectivity index (χ2n) is 5.15. The monoisotopic (exact) mass is 265 g/mol. The second-order valence-corrected chi connectivity index (χ2v) is 5.15. The van der Waals surface area contributed by atoms with Gasteiger partial charge in [-0.15, -0.1) is 0 Å². The molecule has 1 aliphatic heterocycles. The van der Waals surface area contributed by atoms with E-state index in [4.69, 9.17) is 11.1 Å². The van der Waals surface area contributed by atoms with Gasteiger partial charge in [0.25, 0.3) is 0 Å². The van der Waals surface area contributed by atoms with Gasteiger partial charge in [0.15, 0.2) is 0 Å². The fraction of sp³-hybridized carbons (Fsp3) is 0.500. The number of hydrogen-bond donors (Lipinski definition) is 3. The van der Waals surface area contributed by atoms with Crippen molar-refractivity contribution in [2.45, 2.75) is 19.4 Å². The standard InChI is InChI=1S/C14H20FN3O/c15-13-6-11(14(16)17)3-4-12(13)8-18-5-1-2-10(7-18)9-19/h3-4,6,10,19H,1-2,5,7-9H2,(H3,16,17). The zero-order chi connectivity index (χ0) is 13.8. The van der Waals surface area contributed by atoms with Crippen LogP contribution in [0.2, 0.25) is 0 Å². The number of piperidine rings is 1. The van der Waals surface area contributed by atoms with E-state index in [2.05, 4.69) is 4.90 Å². The lowest BCUT2D eigenvalue weighted by molar-refractivity contribution is 0.115. The summed E-state index contributed by atoms with van der Waals surface area (Å²) in [5.74, 6) is -0.143. The minimum absolute atomic E-state index is 0.122. The third-order valence-electron chi connectivity index (χ3n) is 3.62. The van der Waals surface area contributed by atoms with E-state index in [1.807, 2.05) is 0 Å². The van der Waals surface area contributed by atoms with Crippen LogP contribution >= 0.6 is 0 Å². The van der Waals surface area contributed by atoms with E-state index >= 15 is 0 Å². The van der Waals surface area contributed by atoms with E-state index in [-0.39, 0.29) is 18.3 Å². The number of nitrogens with zero attached hydrogens (tertiary/aromatic N) is 1. The fourth-order valence-electron chi connectivity index (χ4n) is 2.53. The van der Waals surface area contributed by atoms with Gasteiger partial charge < -0.3 is 10.8 Å². The molecular weight excluding hydrogens is 245 g/mol. The van der Waals surface area contributed by atoms with Crippen LogP contribution in [-0.4, -0.2) is 35.5 Å². The molecule has 1 saturated heterocycles. The Hall–Kier alpha value is -1.46. The summed E-state index contributed by atoms with van der Waals surface area (Å²) in [5, 5.41) is 16.5. The molecule has 4 N–H and O–H groups in total. The van der Waals surface area contributed by atoms with Crippen molar-refractivity contribution in [1.29, 1.82) is 5.41 Å². The predicted octanol–water partition coefficient (Wildman–Crippen LogP) is 1.31. The normalized spacial score (nSPS) is 20.4. The van der Waals surface area contributed by atoms with Gasteiger partial charge in [-0.3, -0.25) is 10.3 Å². The first-order valence-corrected chi connectivity index (χ1v) is 6.56. The van der Waals surface area contributed by atoms with Crippen LogP contribution in [0.4, 0.5) is 4.39 Å². The van der Waals surface area contributed by atoms with E-state index in [9.17, 15) is 9.50 Å². The molecular formula is C14H20FN3O. The molecule has 0 bridgehead atoms. The second kappa shape index (κ2) is 6.12. The first kappa shape index (κ1) is 14.0. The number of nitrogens with two attached hydrogens (primary N) is 1. The number of hydrogen-bond acceptors (Lipinski definition) is 3. The molecule has 1 aromatic carbocycles. The molecule has 19 heavy (non-hydrogen) atoms. The number of likely N-dealkylation sites (tertiary alicyclic amines) is 1. The highest BCUT2D eigenvalue weighted by Crippen LogP contribution is 2.19. The average molecular weight is 265 g/mol. The van der Waals surface area contributed by atoms with Gasteiger partial charge in [-0.05, 0) is 31.4 Å². The van der Waals surface area contributed by atoms with Gasteiger partial charge in [0.2, 0.25) is 0 Å². The van der Waals surface area contributed by atoms with Crippen LogP contribution in [0.3, 0.4) is 0 Å². The Bertz CT molecular complexity index is 464. The molecule has 0 amide bonds. The Kier molecular flexibility index (Phi) is 4.50. The van der Waals surface area contributed by atoms with Crippen molar-refractivity contribution >= 4 is 5.84 Å². The van der Waals surface area contributed by atoms with Crippen molar-refractivity contribution in [2.24, 2.45) is 11.7 Å². The molecule has 0 aromatic heterocycles. The van der Waals surface area contributed by atoms with Gasteiger partial charge >= 0.3 is 0 Å². The maximum Gasteiger partial charge on any atom is 0.128 e. The summed E-state index contributed by atoms with van der Waals surface area (Å²) in [7, 11) is 0. The molecule has 0 spiro atoms. The van der Waals surface area contributed by atoms with Gasteiger partial charge in [0, 0.05) is 30.8 Å². The van der Waals surface area contributed by atoms with Crippen molar-refractivity contribution in [2.75, 3.05) is 19.7 Å². The highest BCUT2D eigenvalue weighted by atomic mass is 19.1. The Balaban J connectivity index is 2.04. The maximum absolute atomic E-state index is 13.9. The van der Waals surface area contributed by atoms with Crippen LogP contribution in [0.15, 0.2) is 18.2 Å². The molecule has 1 heterocycles. The van der Waals surface area contributed by atoms with Gasteiger partial charge in [0.1, 0.15) is 11.7 Å². The number of aliphatic hydroxyl groups excluding tert-OH is 1. The molecule has 2 rings (SSSR count). The minimum atomic E-state index is -0.321. The number of nitrogens with one attached hydrogen (secondary N) is 1. The lowest BCUT2D eigenvalue weighted by Gasteiger charge is -2.31. The van der Waals surface area contributed by atoms with Gasteiger partial charge in [0.05, 0.1) is 0 Å². The molecule has 5 heteroatoms. The molecule has 0 radical (unpaired) electrons. The zero-order valence-electron chi connectivity index (χ0n) is 10.9. The molecule has 104 valence electrons. The van der Waals surface area contributed by atoms with E-state index < -0.39 is 0 Å². The first-order valence-electron chi connectivity index (χ1n) is 6.56. The number of amidine groups is 1. The topological polar surface area (TPSA) is 73.3 Å². The SMILES string of the molecule is N=C(N)c1ccc(CN2CCCC(CO)C2)c(F)c1. The summed E-state index contributed by atoms with van der Waals surface area (Å²) < 4.78 is 13.9. The largest absolute Gasteiger partial charge is 0.396 e. The van der Waals surface area contributed by atoms with Crippen molar-refractivity contribution in [3.8, 4) is 0 Å². The summed E-state index contributed by atoms with van der Waals surface area (Å²) in [4.78, 5) is 2.16. The van der Waals surface area contributed by atoms with Crippen LogP contribution in [0.1, 0.15) is 24.0 Å². The van der Waals surface area contributed by atoms with Crippen LogP contribution in [-0.2, 0) is 6.54 Å². The highest BCUT2D eigenvalue weighted by Gasteiger charge is 2.20. The smallest absolute Gasteiger partial charge is 0.128 e. The Morgan fingerprint density at radius 3 is 2.95 bits per heavy atom. The van der Waals surface area contributed by atoms with E-state index in [0.717, 1.165) is 25.9 Å². The van der Waals surface area contributed by atoms with E-state index in [1.54, 1.807) is 12.1 Å². The van der Waals surface area contributed by atoms with Crippen LogP contribution in [0.25, 0.3) is 0 Å². The van der Waals surface area contributed by atoms with E-state index in [1.165, 1.54) is 6.07 Å². The Labute approximate surface area is 112 Å². The summed E-state index contributed by atoms with van der Waals surface area (Å²) in [6, 6.07) is 4.67. The molecule has 1 fully saturated rings. The predicted molar refractivity (Wildman–Crippen MR) is 72.5 cm³/mol. The lowest BCUT2D eigenvalue weighted by atomic mass is 9.98. The van der Waals surface area contributed by atoms with Gasteiger partial charge in [-0.1, -0.05) is 12.1 Å². The average Bonchev–Trinajstić information content (AvgIpc) is 2.41. The molecule has 1 aliphatic rings. The molecule has 1 unspecified atom stereocenters. The number of nitrogen functional groups attached to an aromatic ring is 1. The lowest BCUT2D eigenvalue weighted by Crippen LogP contribution is -2.36. The van der Waals surface area contributed by atoms with Crippen molar-refractivity contribution in [3.63, 3.8) is 0 Å². The Morgan fingerprint density at radius 2 is 2.32 bits per heavy atom. The van der Waals surface area contributed by atoms with E-state index in [0.29, 0.717) is 23.6 Å². The Morgan fingerprint density at radius 1 is 1.53 bits per heavy atom. The first-order chi connectivity index (χ1) is 9.10. The van der Waals surface area contributed by atoms with Crippen LogP contribution < -0.4 is 5.73 Å². The zero-order valence-corrected chi connectivity index (χ0v) is 10.9. The number of aliphatic hydroxyl groups is 1. The fourth-order valence-corrected chi connectivity index (χ4v) is 2.53. The third kappa shape index (κ3) is 3.52. The molecule has 1 atom stereocenters. The van der Waals surface area contributed by atoms with Crippen molar-refractivity contribution in [1.82, 2.24) is 4.90 Å². The summed E-state index contributed by atoms with van der Waals surface area (Å²) in [5.41, 5.74) is 6.36. The molecule has 1 aromatic rings. The number of halogens is 1. The summed E-state index contributed by atoms with van der Waals surface area (Å²) in [6.07, 6.45) is 2.08. The summed E-state index contributed by atoms with van der Waals surface area (Å²) in [6.45, 7) is 2.48. The van der Waals surface area contributed by atoms with Gasteiger partial charge in [-0.25, -0.2) is 4.39 Å². The minimum Gasteiger partial charge on any atom is -0.396 e. The van der Waals surface area contributed by atoms with Crippen LogP contribution in [0, 0.1) is 17.1 Å². The molecule has 4 nitrogen and oxygen atoms in total. The van der Waals surface area contributed by atoms with Crippen LogP contribution in [0.5, 0.6) is 0 Å². The number of benzene rings is 1. The molecule has 0 aliphatic carbocycles. The summed E-state index contributed by atoms with van der Waals surface area (Å²) >= 11 is 0.